The van der Waals surface area contributed by atoms with Gasteiger partial charge >= 0.3 is 6.36 Å². The van der Waals surface area contributed by atoms with E-state index in [9.17, 15) is 22.8 Å². The highest BCUT2D eigenvalue weighted by Gasteiger charge is 2.32. The Bertz CT molecular complexity index is 443. The van der Waals surface area contributed by atoms with E-state index in [1.165, 1.54) is 6.07 Å². The zero-order valence-corrected chi connectivity index (χ0v) is 8.67. The van der Waals surface area contributed by atoms with Crippen LogP contribution in [0.1, 0.15) is 17.3 Å². The van der Waals surface area contributed by atoms with Crippen molar-refractivity contribution < 1.29 is 27.5 Å². The van der Waals surface area contributed by atoms with Gasteiger partial charge in [-0.15, -0.1) is 13.2 Å². The Balaban J connectivity index is 3.11. The van der Waals surface area contributed by atoms with Gasteiger partial charge in [0, 0.05) is 12.5 Å². The number of rotatable bonds is 3. The smallest absolute Gasteiger partial charge is 0.404 e. The van der Waals surface area contributed by atoms with Gasteiger partial charge in [0.25, 0.3) is 0 Å². The van der Waals surface area contributed by atoms with E-state index in [0.29, 0.717) is 6.29 Å². The molecule has 1 amide bonds. The molecule has 0 aliphatic carbocycles. The van der Waals surface area contributed by atoms with Crippen molar-refractivity contribution in [3.8, 4) is 5.75 Å². The van der Waals surface area contributed by atoms with Crippen LogP contribution in [0, 0.1) is 0 Å². The normalized spacial score (nSPS) is 10.8. The molecule has 0 fully saturated rings. The van der Waals surface area contributed by atoms with E-state index in [-0.39, 0.29) is 11.3 Å². The van der Waals surface area contributed by atoms with Crippen molar-refractivity contribution in [3.05, 3.63) is 23.8 Å². The molecule has 0 bridgehead atoms. The number of carbonyl (C=O) groups is 2. The molecule has 1 aromatic carbocycles. The zero-order valence-electron chi connectivity index (χ0n) is 8.67. The Kier molecular flexibility index (Phi) is 3.72. The summed E-state index contributed by atoms with van der Waals surface area (Å²) >= 11 is 0. The van der Waals surface area contributed by atoms with E-state index < -0.39 is 18.0 Å². The molecule has 0 atom stereocenters. The number of aldehydes is 1. The van der Waals surface area contributed by atoms with E-state index in [1.54, 1.807) is 0 Å². The van der Waals surface area contributed by atoms with Gasteiger partial charge < -0.3 is 10.1 Å². The highest BCUT2D eigenvalue weighted by molar-refractivity contribution is 5.91. The molecule has 0 unspecified atom stereocenters. The lowest BCUT2D eigenvalue weighted by atomic mass is 10.2. The summed E-state index contributed by atoms with van der Waals surface area (Å²) in [6.45, 7) is 1.14. The molecule has 0 saturated heterocycles. The van der Waals surface area contributed by atoms with Crippen LogP contribution < -0.4 is 10.1 Å². The summed E-state index contributed by atoms with van der Waals surface area (Å²) in [4.78, 5) is 21.2. The molecular weight excluding hydrogens is 239 g/mol. The third-order valence-corrected chi connectivity index (χ3v) is 1.68. The SMILES string of the molecule is CC(=O)Nc1ccc(C=O)cc1OC(F)(F)F. The standard InChI is InChI=1S/C10H8F3NO3/c1-6(16)14-8-3-2-7(5-15)4-9(8)17-10(11,12)13/h2-5H,1H3,(H,14,16). The number of alkyl halides is 3. The first kappa shape index (κ1) is 13.0. The minimum absolute atomic E-state index is 0.0124. The van der Waals surface area contributed by atoms with Crippen molar-refractivity contribution in [3.63, 3.8) is 0 Å². The maximum atomic E-state index is 12.1. The topological polar surface area (TPSA) is 55.4 Å². The second kappa shape index (κ2) is 4.86. The van der Waals surface area contributed by atoms with E-state index in [0.717, 1.165) is 19.1 Å². The van der Waals surface area contributed by atoms with Gasteiger partial charge in [-0.05, 0) is 18.2 Å². The Morgan fingerprint density at radius 1 is 1.41 bits per heavy atom. The van der Waals surface area contributed by atoms with Crippen molar-refractivity contribution in [1.82, 2.24) is 0 Å². The summed E-state index contributed by atoms with van der Waals surface area (Å²) in [5, 5.41) is 2.17. The molecular formula is C10H8F3NO3. The fourth-order valence-corrected chi connectivity index (χ4v) is 1.11. The zero-order chi connectivity index (χ0) is 13.1. The summed E-state index contributed by atoms with van der Waals surface area (Å²) < 4.78 is 39.9. The largest absolute Gasteiger partial charge is 0.573 e. The molecule has 17 heavy (non-hydrogen) atoms. The lowest BCUT2D eigenvalue weighted by molar-refractivity contribution is -0.274. The Labute approximate surface area is 94.4 Å². The molecule has 0 saturated carbocycles. The average molecular weight is 247 g/mol. The molecule has 0 aliphatic heterocycles. The monoisotopic (exact) mass is 247 g/mol. The van der Waals surface area contributed by atoms with Crippen LogP contribution in [-0.2, 0) is 4.79 Å². The molecule has 0 radical (unpaired) electrons. The molecule has 7 heteroatoms. The van der Waals surface area contributed by atoms with E-state index in [1.807, 2.05) is 0 Å². The summed E-state index contributed by atoms with van der Waals surface area (Å²) in [6, 6.07) is 3.32. The molecule has 1 N–H and O–H groups in total. The molecule has 0 heterocycles. The number of ether oxygens (including phenoxy) is 1. The van der Waals surface area contributed by atoms with Crippen LogP contribution in [0.3, 0.4) is 0 Å². The minimum atomic E-state index is -4.89. The van der Waals surface area contributed by atoms with Gasteiger partial charge in [-0.1, -0.05) is 0 Å². The Hall–Kier alpha value is -2.05. The maximum absolute atomic E-state index is 12.1. The van der Waals surface area contributed by atoms with Crippen LogP contribution in [0.5, 0.6) is 5.75 Å². The second-order valence-corrected chi connectivity index (χ2v) is 3.10. The summed E-state index contributed by atoms with van der Waals surface area (Å²) in [7, 11) is 0. The quantitative estimate of drug-likeness (QED) is 0.834. The number of amides is 1. The fraction of sp³-hybridized carbons (Fsp3) is 0.200. The van der Waals surface area contributed by atoms with E-state index >= 15 is 0 Å². The minimum Gasteiger partial charge on any atom is -0.404 e. The van der Waals surface area contributed by atoms with E-state index in [2.05, 4.69) is 10.1 Å². The molecule has 4 nitrogen and oxygen atoms in total. The van der Waals surface area contributed by atoms with Crippen LogP contribution in [0.25, 0.3) is 0 Å². The van der Waals surface area contributed by atoms with Crippen LogP contribution >= 0.6 is 0 Å². The number of benzene rings is 1. The number of nitrogens with one attached hydrogen (secondary N) is 1. The third-order valence-electron chi connectivity index (χ3n) is 1.68. The highest BCUT2D eigenvalue weighted by atomic mass is 19.4. The van der Waals surface area contributed by atoms with Gasteiger partial charge in [0.1, 0.15) is 6.29 Å². The van der Waals surface area contributed by atoms with Crippen molar-refractivity contribution in [2.45, 2.75) is 13.3 Å². The fourth-order valence-electron chi connectivity index (χ4n) is 1.11. The first-order chi connectivity index (χ1) is 7.81. The van der Waals surface area contributed by atoms with Gasteiger partial charge in [-0.3, -0.25) is 9.59 Å². The number of carbonyl (C=O) groups excluding carboxylic acids is 2. The number of hydrogen-bond donors (Lipinski definition) is 1. The summed E-state index contributed by atoms with van der Waals surface area (Å²) in [5.41, 5.74) is -0.140. The van der Waals surface area contributed by atoms with Crippen molar-refractivity contribution in [1.29, 1.82) is 0 Å². The molecule has 0 aromatic heterocycles. The van der Waals surface area contributed by atoms with Crippen molar-refractivity contribution >= 4 is 17.9 Å². The first-order valence-electron chi connectivity index (χ1n) is 4.44. The lowest BCUT2D eigenvalue weighted by Gasteiger charge is -2.13. The number of anilines is 1. The van der Waals surface area contributed by atoms with Crippen LogP contribution in [0.2, 0.25) is 0 Å². The van der Waals surface area contributed by atoms with Gasteiger partial charge in [-0.2, -0.15) is 0 Å². The first-order valence-corrected chi connectivity index (χ1v) is 4.44. The van der Waals surface area contributed by atoms with Gasteiger partial charge in [0.05, 0.1) is 5.69 Å². The Morgan fingerprint density at radius 2 is 2.06 bits per heavy atom. The lowest BCUT2D eigenvalue weighted by Crippen LogP contribution is -2.19. The molecule has 0 aliphatic rings. The van der Waals surface area contributed by atoms with Gasteiger partial charge in [0.2, 0.25) is 5.91 Å². The number of halogens is 3. The predicted molar refractivity (Wildman–Crippen MR) is 52.8 cm³/mol. The Morgan fingerprint density at radius 3 is 2.53 bits per heavy atom. The third kappa shape index (κ3) is 4.13. The number of hydrogen-bond acceptors (Lipinski definition) is 3. The summed E-state index contributed by atoms with van der Waals surface area (Å²) in [6.07, 6.45) is -4.52. The van der Waals surface area contributed by atoms with Crippen molar-refractivity contribution in [2.24, 2.45) is 0 Å². The average Bonchev–Trinajstić information content (AvgIpc) is 2.17. The van der Waals surface area contributed by atoms with Crippen LogP contribution in [0.15, 0.2) is 18.2 Å². The molecule has 92 valence electrons. The maximum Gasteiger partial charge on any atom is 0.573 e. The second-order valence-electron chi connectivity index (χ2n) is 3.10. The summed E-state index contributed by atoms with van der Waals surface area (Å²) in [5.74, 6) is -1.17. The van der Waals surface area contributed by atoms with E-state index in [4.69, 9.17) is 0 Å². The van der Waals surface area contributed by atoms with Crippen molar-refractivity contribution in [2.75, 3.05) is 5.32 Å². The molecule has 1 aromatic rings. The van der Waals surface area contributed by atoms with Crippen LogP contribution in [0.4, 0.5) is 18.9 Å². The van der Waals surface area contributed by atoms with Gasteiger partial charge in [-0.25, -0.2) is 0 Å². The highest BCUT2D eigenvalue weighted by Crippen LogP contribution is 2.30. The predicted octanol–water partition coefficient (Wildman–Crippen LogP) is 2.36. The molecule has 1 rings (SSSR count). The van der Waals surface area contributed by atoms with Gasteiger partial charge in [0.15, 0.2) is 5.75 Å². The molecule has 0 spiro atoms. The van der Waals surface area contributed by atoms with Crippen LogP contribution in [-0.4, -0.2) is 18.6 Å².